The van der Waals surface area contributed by atoms with Gasteiger partial charge in [0.15, 0.2) is 0 Å². The summed E-state index contributed by atoms with van der Waals surface area (Å²) in [5.74, 6) is 1.59. The van der Waals surface area contributed by atoms with Gasteiger partial charge in [-0.15, -0.1) is 0 Å². The minimum Gasteiger partial charge on any atom is -0.493 e. The Morgan fingerprint density at radius 1 is 1.07 bits per heavy atom. The number of nitrogens with zero attached hydrogens (tertiary/aromatic N) is 3. The molecule has 1 aromatic carbocycles. The molecule has 0 radical (unpaired) electrons. The number of benzene rings is 1. The lowest BCUT2D eigenvalue weighted by molar-refractivity contribution is 0.287. The van der Waals surface area contributed by atoms with E-state index in [1.165, 1.54) is 61.4 Å². The predicted molar refractivity (Wildman–Crippen MR) is 125 cm³/mol. The Kier molecular flexibility index (Phi) is 9.71. The molecule has 3 aromatic rings. The zero-order chi connectivity index (χ0) is 20.9. The van der Waals surface area contributed by atoms with Gasteiger partial charge < -0.3 is 20.5 Å². The summed E-state index contributed by atoms with van der Waals surface area (Å²) in [4.78, 5) is 8.95. The summed E-state index contributed by atoms with van der Waals surface area (Å²) in [6, 6.07) is 11.7. The highest BCUT2D eigenvalue weighted by atomic mass is 32.2. The number of hydrogen-bond acceptors (Lipinski definition) is 9. The normalized spacial score (nSPS) is 14.7. The molecule has 0 spiro atoms. The van der Waals surface area contributed by atoms with Crippen LogP contribution in [-0.2, 0) is 6.42 Å². The molecule has 1 saturated heterocycles. The van der Waals surface area contributed by atoms with Crippen LogP contribution in [0.4, 0.5) is 10.9 Å². The van der Waals surface area contributed by atoms with E-state index in [0.717, 1.165) is 35.2 Å². The molecule has 0 saturated carbocycles. The SMILES string of the molecule is C1CCNCC1.Nc1ccccn1.c1nsc(NSc2ccc3c(c2)OCCC3)n1. The first-order valence-corrected chi connectivity index (χ1v) is 11.7. The van der Waals surface area contributed by atoms with Crippen LogP contribution in [0, 0.1) is 0 Å². The summed E-state index contributed by atoms with van der Waals surface area (Å²) >= 11 is 2.88. The van der Waals surface area contributed by atoms with Gasteiger partial charge in [0.1, 0.15) is 17.9 Å². The maximum atomic E-state index is 5.63. The largest absolute Gasteiger partial charge is 0.493 e. The number of aryl methyl sites for hydroxylation is 1. The van der Waals surface area contributed by atoms with Gasteiger partial charge in [-0.2, -0.15) is 4.37 Å². The molecule has 0 atom stereocenters. The third-order valence-corrected chi connectivity index (χ3v) is 5.89. The summed E-state index contributed by atoms with van der Waals surface area (Å²) in [5.41, 5.74) is 6.55. The number of aromatic nitrogens is 3. The Labute approximate surface area is 186 Å². The molecule has 1 fully saturated rings. The number of nitrogens with one attached hydrogen (secondary N) is 2. The number of hydrogen-bond donors (Lipinski definition) is 3. The smallest absolute Gasteiger partial charge is 0.212 e. The molecule has 0 unspecified atom stereocenters. The highest BCUT2D eigenvalue weighted by Gasteiger charge is 2.10. The van der Waals surface area contributed by atoms with E-state index in [1.807, 2.05) is 12.1 Å². The van der Waals surface area contributed by atoms with E-state index < -0.39 is 0 Å². The van der Waals surface area contributed by atoms with Crippen LogP contribution in [0.5, 0.6) is 5.75 Å². The summed E-state index contributed by atoms with van der Waals surface area (Å²) in [6.45, 7) is 3.32. The second-order valence-electron chi connectivity index (χ2n) is 6.74. The van der Waals surface area contributed by atoms with Crippen LogP contribution in [-0.4, -0.2) is 34.0 Å². The Bertz CT molecular complexity index is 832. The topological polar surface area (TPSA) is 98.0 Å². The third-order valence-electron chi connectivity index (χ3n) is 4.40. The van der Waals surface area contributed by atoms with Gasteiger partial charge in [-0.3, -0.25) is 0 Å². The van der Waals surface area contributed by atoms with Gasteiger partial charge in [0.05, 0.1) is 6.61 Å². The molecule has 4 N–H and O–H groups in total. The van der Waals surface area contributed by atoms with Crippen LogP contribution in [0.3, 0.4) is 0 Å². The summed E-state index contributed by atoms with van der Waals surface area (Å²) < 4.78 is 12.7. The molecule has 2 aromatic heterocycles. The molecule has 5 rings (SSSR count). The first-order valence-electron chi connectivity index (χ1n) is 10.1. The summed E-state index contributed by atoms with van der Waals surface area (Å²) in [7, 11) is 0. The fourth-order valence-electron chi connectivity index (χ4n) is 2.88. The lowest BCUT2D eigenvalue weighted by atomic mass is 10.1. The molecule has 4 heterocycles. The maximum Gasteiger partial charge on any atom is 0.212 e. The Hall–Kier alpha value is -2.36. The number of nitrogen functional groups attached to an aromatic ring is 1. The average Bonchev–Trinajstić information content (AvgIpc) is 3.34. The number of nitrogens with two attached hydrogens (primary N) is 1. The van der Waals surface area contributed by atoms with Gasteiger partial charge in [-0.25, -0.2) is 9.97 Å². The second kappa shape index (κ2) is 13.0. The summed E-state index contributed by atoms with van der Waals surface area (Å²) in [6.07, 6.45) is 9.65. The molecule has 7 nitrogen and oxygen atoms in total. The van der Waals surface area contributed by atoms with E-state index in [9.17, 15) is 0 Å². The average molecular weight is 445 g/mol. The van der Waals surface area contributed by atoms with E-state index in [2.05, 4.69) is 42.6 Å². The summed E-state index contributed by atoms with van der Waals surface area (Å²) in [5, 5.41) is 4.10. The van der Waals surface area contributed by atoms with E-state index >= 15 is 0 Å². The Morgan fingerprint density at radius 3 is 2.57 bits per heavy atom. The van der Waals surface area contributed by atoms with Gasteiger partial charge in [0.2, 0.25) is 5.13 Å². The number of anilines is 2. The maximum absolute atomic E-state index is 5.63. The second-order valence-corrected chi connectivity index (χ2v) is 8.40. The zero-order valence-electron chi connectivity index (χ0n) is 16.9. The van der Waals surface area contributed by atoms with Crippen LogP contribution >= 0.6 is 23.5 Å². The van der Waals surface area contributed by atoms with Crippen molar-refractivity contribution in [3.05, 3.63) is 54.5 Å². The highest BCUT2D eigenvalue weighted by molar-refractivity contribution is 8.00. The lowest BCUT2D eigenvalue weighted by Crippen LogP contribution is -2.21. The van der Waals surface area contributed by atoms with Gasteiger partial charge in [-0.1, -0.05) is 18.6 Å². The van der Waals surface area contributed by atoms with Crippen LogP contribution in [0.2, 0.25) is 0 Å². The van der Waals surface area contributed by atoms with Crippen molar-refractivity contribution >= 4 is 34.4 Å². The standard InChI is InChI=1S/C11H11N3OS2.C5H6N2.C5H11N/c1-2-8-3-4-9(6-10(8)15-5-1)16-14-11-12-7-13-17-11;6-5-3-1-2-4-7-5;1-2-4-6-5-3-1/h3-4,6-7H,1-2,5H2,(H,12,13,14);1-4H,(H2,6,7);6H,1-5H2. The van der Waals surface area contributed by atoms with Crippen molar-refractivity contribution in [1.29, 1.82) is 0 Å². The van der Waals surface area contributed by atoms with E-state index in [4.69, 9.17) is 10.5 Å². The number of fused-ring (bicyclic) bond motifs is 1. The minimum absolute atomic E-state index is 0.572. The number of piperidine rings is 1. The quantitative estimate of drug-likeness (QED) is 0.511. The molecule has 0 amide bonds. The minimum atomic E-state index is 0.572. The van der Waals surface area contributed by atoms with Crippen molar-refractivity contribution in [3.8, 4) is 5.75 Å². The lowest BCUT2D eigenvalue weighted by Gasteiger charge is -2.17. The molecule has 2 aliphatic rings. The molecule has 30 heavy (non-hydrogen) atoms. The van der Waals surface area contributed by atoms with Crippen molar-refractivity contribution in [2.45, 2.75) is 37.0 Å². The van der Waals surface area contributed by atoms with E-state index in [-0.39, 0.29) is 0 Å². The van der Waals surface area contributed by atoms with E-state index in [1.54, 1.807) is 18.6 Å². The first-order chi connectivity index (χ1) is 14.8. The van der Waals surface area contributed by atoms with E-state index in [0.29, 0.717) is 5.82 Å². The molecule has 0 aliphatic carbocycles. The van der Waals surface area contributed by atoms with Crippen LogP contribution in [0.15, 0.2) is 53.8 Å². The van der Waals surface area contributed by atoms with Crippen LogP contribution in [0.25, 0.3) is 0 Å². The van der Waals surface area contributed by atoms with Gasteiger partial charge in [0.25, 0.3) is 0 Å². The van der Waals surface area contributed by atoms with Crippen molar-refractivity contribution < 1.29 is 4.74 Å². The number of pyridine rings is 1. The number of ether oxygens (including phenoxy) is 1. The van der Waals surface area contributed by atoms with Gasteiger partial charge in [-0.05, 0) is 80.5 Å². The molecule has 0 bridgehead atoms. The van der Waals surface area contributed by atoms with Gasteiger partial charge >= 0.3 is 0 Å². The monoisotopic (exact) mass is 444 g/mol. The Morgan fingerprint density at radius 2 is 1.97 bits per heavy atom. The molecular weight excluding hydrogens is 416 g/mol. The van der Waals surface area contributed by atoms with Crippen molar-refractivity contribution in [2.75, 3.05) is 30.2 Å². The van der Waals surface area contributed by atoms with Crippen molar-refractivity contribution in [1.82, 2.24) is 19.7 Å². The van der Waals surface area contributed by atoms with Crippen LogP contribution in [0.1, 0.15) is 31.2 Å². The highest BCUT2D eigenvalue weighted by Crippen LogP contribution is 2.30. The molecule has 160 valence electrons. The zero-order valence-corrected chi connectivity index (χ0v) is 18.6. The third kappa shape index (κ3) is 8.17. The Balaban J connectivity index is 0.000000161. The fourth-order valence-corrected chi connectivity index (χ4v) is 4.00. The molecule has 9 heteroatoms. The fraction of sp³-hybridized carbons (Fsp3) is 0.381. The van der Waals surface area contributed by atoms with Crippen LogP contribution < -0.4 is 20.5 Å². The molecule has 2 aliphatic heterocycles. The predicted octanol–water partition coefficient (Wildman–Crippen LogP) is 4.41. The van der Waals surface area contributed by atoms with Crippen molar-refractivity contribution in [3.63, 3.8) is 0 Å². The number of rotatable bonds is 3. The van der Waals surface area contributed by atoms with Gasteiger partial charge in [0, 0.05) is 22.6 Å². The van der Waals surface area contributed by atoms with Crippen molar-refractivity contribution in [2.24, 2.45) is 0 Å². The molecular formula is C21H28N6OS2. The first kappa shape index (κ1) is 22.3.